The summed E-state index contributed by atoms with van der Waals surface area (Å²) in [6, 6.07) is 18.2. The van der Waals surface area contributed by atoms with Crippen LogP contribution < -0.4 is 0 Å². The fourth-order valence-electron chi connectivity index (χ4n) is 2.27. The molecule has 3 aromatic carbocycles. The highest BCUT2D eigenvalue weighted by atomic mass is 16.4. The standard InChI is InChI=1S/C16H12O2/c17-16(18)8-11-5-6-14-9-12-3-1-2-4-13(12)10-15(14)7-11/h1-7,9-10H,8H2,(H,17,18). The number of benzene rings is 3. The molecule has 18 heavy (non-hydrogen) atoms. The summed E-state index contributed by atoms with van der Waals surface area (Å²) < 4.78 is 0. The molecule has 2 heteroatoms. The van der Waals surface area contributed by atoms with Crippen molar-refractivity contribution in [2.24, 2.45) is 0 Å². The van der Waals surface area contributed by atoms with Crippen LogP contribution in [0, 0.1) is 0 Å². The van der Waals surface area contributed by atoms with Gasteiger partial charge in [0.05, 0.1) is 6.42 Å². The fourth-order valence-corrected chi connectivity index (χ4v) is 2.27. The Kier molecular flexibility index (Phi) is 2.49. The Hall–Kier alpha value is -2.35. The molecular weight excluding hydrogens is 224 g/mol. The van der Waals surface area contributed by atoms with E-state index >= 15 is 0 Å². The molecule has 0 bridgehead atoms. The Morgan fingerprint density at radius 3 is 2.11 bits per heavy atom. The maximum absolute atomic E-state index is 10.7. The number of fused-ring (bicyclic) bond motifs is 2. The molecule has 0 radical (unpaired) electrons. The zero-order valence-corrected chi connectivity index (χ0v) is 9.76. The normalized spacial score (nSPS) is 10.9. The summed E-state index contributed by atoms with van der Waals surface area (Å²) in [4.78, 5) is 10.7. The predicted octanol–water partition coefficient (Wildman–Crippen LogP) is 3.62. The molecule has 0 atom stereocenters. The third-order valence-electron chi connectivity index (χ3n) is 3.12. The van der Waals surface area contributed by atoms with Crippen LogP contribution in [0.2, 0.25) is 0 Å². The van der Waals surface area contributed by atoms with Gasteiger partial charge in [-0.3, -0.25) is 4.79 Å². The van der Waals surface area contributed by atoms with E-state index in [1.807, 2.05) is 30.3 Å². The van der Waals surface area contributed by atoms with Gasteiger partial charge in [0.1, 0.15) is 0 Å². The van der Waals surface area contributed by atoms with Crippen LogP contribution in [0.1, 0.15) is 5.56 Å². The third-order valence-corrected chi connectivity index (χ3v) is 3.12. The van der Waals surface area contributed by atoms with E-state index in [0.717, 1.165) is 16.3 Å². The topological polar surface area (TPSA) is 37.3 Å². The minimum atomic E-state index is -0.796. The first-order valence-corrected chi connectivity index (χ1v) is 5.85. The summed E-state index contributed by atoms with van der Waals surface area (Å²) in [6.07, 6.45) is 0.0722. The highest BCUT2D eigenvalue weighted by Gasteiger charge is 2.03. The fraction of sp³-hybridized carbons (Fsp3) is 0.0625. The van der Waals surface area contributed by atoms with Crippen molar-refractivity contribution >= 4 is 27.5 Å². The number of aliphatic carboxylic acids is 1. The van der Waals surface area contributed by atoms with Gasteiger partial charge in [-0.15, -0.1) is 0 Å². The Bertz CT molecular complexity index is 744. The molecule has 2 nitrogen and oxygen atoms in total. The molecule has 0 aliphatic carbocycles. The van der Waals surface area contributed by atoms with E-state index in [1.54, 1.807) is 0 Å². The summed E-state index contributed by atoms with van der Waals surface area (Å²) in [5, 5.41) is 13.4. The van der Waals surface area contributed by atoms with E-state index in [9.17, 15) is 4.79 Å². The molecule has 0 saturated carbocycles. The van der Waals surface area contributed by atoms with Crippen LogP contribution in [0.3, 0.4) is 0 Å². The van der Waals surface area contributed by atoms with E-state index in [4.69, 9.17) is 5.11 Å². The van der Waals surface area contributed by atoms with E-state index in [1.165, 1.54) is 10.8 Å². The highest BCUT2D eigenvalue weighted by Crippen LogP contribution is 2.23. The molecule has 0 amide bonds. The number of carboxylic acids is 1. The largest absolute Gasteiger partial charge is 0.481 e. The summed E-state index contributed by atoms with van der Waals surface area (Å²) >= 11 is 0. The Morgan fingerprint density at radius 1 is 0.833 bits per heavy atom. The van der Waals surface area contributed by atoms with Gasteiger partial charge in [0, 0.05) is 0 Å². The lowest BCUT2D eigenvalue weighted by atomic mass is 10.0. The van der Waals surface area contributed by atoms with Crippen LogP contribution in [0.25, 0.3) is 21.5 Å². The first-order chi connectivity index (χ1) is 8.72. The van der Waals surface area contributed by atoms with E-state index in [2.05, 4.69) is 24.3 Å². The van der Waals surface area contributed by atoms with Crippen LogP contribution in [0.4, 0.5) is 0 Å². The van der Waals surface area contributed by atoms with Crippen LogP contribution >= 0.6 is 0 Å². The lowest BCUT2D eigenvalue weighted by Crippen LogP contribution is -1.99. The minimum absolute atomic E-state index is 0.0722. The minimum Gasteiger partial charge on any atom is -0.481 e. The van der Waals surface area contributed by atoms with Gasteiger partial charge in [0.25, 0.3) is 0 Å². The second kappa shape index (κ2) is 4.15. The van der Waals surface area contributed by atoms with Crippen LogP contribution in [-0.4, -0.2) is 11.1 Å². The molecule has 3 aromatic rings. The molecule has 1 N–H and O–H groups in total. The first kappa shape index (κ1) is 10.8. The molecule has 3 rings (SSSR count). The van der Waals surface area contributed by atoms with Crippen molar-refractivity contribution in [3.63, 3.8) is 0 Å². The lowest BCUT2D eigenvalue weighted by molar-refractivity contribution is -0.136. The molecule has 0 saturated heterocycles. The Morgan fingerprint density at radius 2 is 1.44 bits per heavy atom. The Labute approximate surface area is 104 Å². The maximum Gasteiger partial charge on any atom is 0.307 e. The number of hydrogen-bond donors (Lipinski definition) is 1. The molecule has 0 aliphatic heterocycles. The Balaban J connectivity index is 2.20. The van der Waals surface area contributed by atoms with Crippen molar-refractivity contribution in [2.75, 3.05) is 0 Å². The zero-order valence-electron chi connectivity index (χ0n) is 9.76. The zero-order chi connectivity index (χ0) is 12.5. The third kappa shape index (κ3) is 1.93. The number of carboxylic acid groups (broad SMARTS) is 1. The van der Waals surface area contributed by atoms with E-state index < -0.39 is 5.97 Å². The maximum atomic E-state index is 10.7. The molecule has 88 valence electrons. The number of rotatable bonds is 2. The summed E-state index contributed by atoms with van der Waals surface area (Å²) in [7, 11) is 0. The van der Waals surface area contributed by atoms with Gasteiger partial charge >= 0.3 is 5.97 Å². The molecule has 0 unspecified atom stereocenters. The van der Waals surface area contributed by atoms with Gasteiger partial charge < -0.3 is 5.11 Å². The van der Waals surface area contributed by atoms with Gasteiger partial charge in [-0.05, 0) is 39.2 Å². The first-order valence-electron chi connectivity index (χ1n) is 5.85. The predicted molar refractivity (Wildman–Crippen MR) is 72.8 cm³/mol. The van der Waals surface area contributed by atoms with Crippen molar-refractivity contribution in [1.82, 2.24) is 0 Å². The average molecular weight is 236 g/mol. The molecule has 0 aromatic heterocycles. The van der Waals surface area contributed by atoms with Gasteiger partial charge in [0.15, 0.2) is 0 Å². The molecule has 0 spiro atoms. The van der Waals surface area contributed by atoms with Crippen molar-refractivity contribution in [3.05, 3.63) is 60.2 Å². The van der Waals surface area contributed by atoms with Crippen LogP contribution in [0.15, 0.2) is 54.6 Å². The molecular formula is C16H12O2. The molecule has 0 aliphatic rings. The van der Waals surface area contributed by atoms with Gasteiger partial charge in [-0.2, -0.15) is 0 Å². The van der Waals surface area contributed by atoms with Crippen molar-refractivity contribution in [1.29, 1.82) is 0 Å². The second-order valence-electron chi connectivity index (χ2n) is 4.45. The van der Waals surface area contributed by atoms with Crippen LogP contribution in [0.5, 0.6) is 0 Å². The van der Waals surface area contributed by atoms with Gasteiger partial charge in [-0.25, -0.2) is 0 Å². The quantitative estimate of drug-likeness (QED) is 0.690. The van der Waals surface area contributed by atoms with Crippen molar-refractivity contribution < 1.29 is 9.90 Å². The SMILES string of the molecule is O=C(O)Cc1ccc2cc3ccccc3cc2c1. The lowest BCUT2D eigenvalue weighted by Gasteiger charge is -2.04. The van der Waals surface area contributed by atoms with Crippen molar-refractivity contribution in [3.8, 4) is 0 Å². The average Bonchev–Trinajstić information content (AvgIpc) is 2.35. The summed E-state index contributed by atoms with van der Waals surface area (Å²) in [5.41, 5.74) is 0.838. The highest BCUT2D eigenvalue weighted by molar-refractivity contribution is 5.98. The smallest absolute Gasteiger partial charge is 0.307 e. The van der Waals surface area contributed by atoms with Gasteiger partial charge in [-0.1, -0.05) is 42.5 Å². The number of hydrogen-bond acceptors (Lipinski definition) is 1. The summed E-state index contributed by atoms with van der Waals surface area (Å²) in [5.74, 6) is -0.796. The van der Waals surface area contributed by atoms with Gasteiger partial charge in [0.2, 0.25) is 0 Å². The number of carbonyl (C=O) groups is 1. The summed E-state index contributed by atoms with van der Waals surface area (Å²) in [6.45, 7) is 0. The van der Waals surface area contributed by atoms with E-state index in [0.29, 0.717) is 0 Å². The molecule has 0 heterocycles. The van der Waals surface area contributed by atoms with Crippen LogP contribution in [-0.2, 0) is 11.2 Å². The van der Waals surface area contributed by atoms with E-state index in [-0.39, 0.29) is 6.42 Å². The van der Waals surface area contributed by atoms with Crippen molar-refractivity contribution in [2.45, 2.75) is 6.42 Å². The molecule has 0 fully saturated rings. The second-order valence-corrected chi connectivity index (χ2v) is 4.45. The monoisotopic (exact) mass is 236 g/mol.